The lowest BCUT2D eigenvalue weighted by Crippen LogP contribution is -2.07. The second-order valence-electron chi connectivity index (χ2n) is 5.80. The Kier molecular flexibility index (Phi) is 3.89. The van der Waals surface area contributed by atoms with Gasteiger partial charge in [-0.1, -0.05) is 5.16 Å². The Labute approximate surface area is 143 Å². The first-order valence-electron chi connectivity index (χ1n) is 7.88. The number of hydrogen-bond acceptors (Lipinski definition) is 7. The van der Waals surface area contributed by atoms with Crippen molar-refractivity contribution in [1.82, 2.24) is 15.1 Å². The highest BCUT2D eigenvalue weighted by Gasteiger charge is 2.20. The van der Waals surface area contributed by atoms with Crippen LogP contribution in [0.5, 0.6) is 5.75 Å². The summed E-state index contributed by atoms with van der Waals surface area (Å²) in [7, 11) is 0. The summed E-state index contributed by atoms with van der Waals surface area (Å²) in [5, 5.41) is 3.95. The molecule has 1 aliphatic rings. The summed E-state index contributed by atoms with van der Waals surface area (Å²) < 4.78 is 16.2. The largest absolute Gasteiger partial charge is 0.490 e. The standard InChI is InChI=1S/C18H15N3O4/c1-11-6-13-7-12(2-3-16(13)24-11)17-8-14(21-25-17)10-23-18(22)15-9-19-4-5-20-15/h2-5,7-9,11H,6,10H2,1H3. The number of hydrogen-bond donors (Lipinski definition) is 0. The minimum atomic E-state index is -0.554. The van der Waals surface area contributed by atoms with E-state index in [0.717, 1.165) is 23.3 Å². The zero-order chi connectivity index (χ0) is 17.2. The molecule has 0 saturated heterocycles. The van der Waals surface area contributed by atoms with Crippen molar-refractivity contribution >= 4 is 5.97 Å². The van der Waals surface area contributed by atoms with Crippen molar-refractivity contribution in [3.63, 3.8) is 0 Å². The van der Waals surface area contributed by atoms with Gasteiger partial charge in [0.1, 0.15) is 24.2 Å². The molecule has 0 fully saturated rings. The van der Waals surface area contributed by atoms with Crippen LogP contribution in [0.4, 0.5) is 0 Å². The maximum Gasteiger partial charge on any atom is 0.358 e. The number of ether oxygens (including phenoxy) is 2. The van der Waals surface area contributed by atoms with Gasteiger partial charge in [0.25, 0.3) is 0 Å². The van der Waals surface area contributed by atoms with Gasteiger partial charge in [-0.3, -0.25) is 4.98 Å². The molecule has 0 amide bonds. The van der Waals surface area contributed by atoms with Crippen LogP contribution in [0.2, 0.25) is 0 Å². The molecule has 1 aromatic carbocycles. The molecule has 3 heterocycles. The van der Waals surface area contributed by atoms with Crippen LogP contribution >= 0.6 is 0 Å². The number of carbonyl (C=O) groups is 1. The summed E-state index contributed by atoms with van der Waals surface area (Å²) in [5.41, 5.74) is 2.74. The van der Waals surface area contributed by atoms with E-state index in [2.05, 4.69) is 15.1 Å². The van der Waals surface area contributed by atoms with Gasteiger partial charge in [0, 0.05) is 30.4 Å². The Balaban J connectivity index is 1.44. The first kappa shape index (κ1) is 15.3. The highest BCUT2D eigenvalue weighted by Crippen LogP contribution is 2.33. The van der Waals surface area contributed by atoms with Gasteiger partial charge >= 0.3 is 5.97 Å². The number of aromatic nitrogens is 3. The number of nitrogens with zero attached hydrogens (tertiary/aromatic N) is 3. The average Bonchev–Trinajstić information content (AvgIpc) is 3.25. The fourth-order valence-electron chi connectivity index (χ4n) is 2.71. The Hall–Kier alpha value is -3.22. The average molecular weight is 337 g/mol. The second-order valence-corrected chi connectivity index (χ2v) is 5.80. The van der Waals surface area contributed by atoms with Gasteiger partial charge in [-0.25, -0.2) is 9.78 Å². The van der Waals surface area contributed by atoms with E-state index >= 15 is 0 Å². The SMILES string of the molecule is CC1Cc2cc(-c3cc(COC(=O)c4cnccn4)no3)ccc2O1. The summed E-state index contributed by atoms with van der Waals surface area (Å²) in [4.78, 5) is 19.6. The third kappa shape index (κ3) is 3.21. The quantitative estimate of drug-likeness (QED) is 0.676. The molecule has 4 rings (SSSR count). The Bertz CT molecular complexity index is 908. The molecule has 126 valence electrons. The molecule has 25 heavy (non-hydrogen) atoms. The topological polar surface area (TPSA) is 87.3 Å². The molecule has 1 unspecified atom stereocenters. The Morgan fingerprint density at radius 1 is 1.32 bits per heavy atom. The van der Waals surface area contributed by atoms with Crippen molar-refractivity contribution in [2.24, 2.45) is 0 Å². The molecule has 7 heteroatoms. The first-order chi connectivity index (χ1) is 12.2. The van der Waals surface area contributed by atoms with Crippen molar-refractivity contribution < 1.29 is 18.8 Å². The summed E-state index contributed by atoms with van der Waals surface area (Å²) in [5.74, 6) is 0.975. The predicted octanol–water partition coefficient (Wildman–Crippen LogP) is 2.81. The van der Waals surface area contributed by atoms with Crippen LogP contribution in [0.1, 0.15) is 28.7 Å². The van der Waals surface area contributed by atoms with E-state index in [4.69, 9.17) is 14.0 Å². The molecule has 7 nitrogen and oxygen atoms in total. The highest BCUT2D eigenvalue weighted by atomic mass is 16.5. The molecule has 1 atom stereocenters. The Morgan fingerprint density at radius 2 is 2.24 bits per heavy atom. The van der Waals surface area contributed by atoms with E-state index in [1.54, 1.807) is 6.07 Å². The summed E-state index contributed by atoms with van der Waals surface area (Å²) >= 11 is 0. The highest BCUT2D eigenvalue weighted by molar-refractivity contribution is 5.86. The number of benzene rings is 1. The van der Waals surface area contributed by atoms with Crippen molar-refractivity contribution in [3.8, 4) is 17.1 Å². The Morgan fingerprint density at radius 3 is 3.08 bits per heavy atom. The zero-order valence-corrected chi connectivity index (χ0v) is 13.5. The second kappa shape index (κ2) is 6.35. The lowest BCUT2D eigenvalue weighted by Gasteiger charge is -2.02. The molecular weight excluding hydrogens is 322 g/mol. The van der Waals surface area contributed by atoms with Crippen LogP contribution in [0.25, 0.3) is 11.3 Å². The molecule has 0 N–H and O–H groups in total. The molecule has 2 aromatic heterocycles. The molecule has 0 spiro atoms. The number of carbonyl (C=O) groups excluding carboxylic acids is 1. The van der Waals surface area contributed by atoms with E-state index < -0.39 is 5.97 Å². The normalized spacial score (nSPS) is 15.5. The smallest absolute Gasteiger partial charge is 0.358 e. The van der Waals surface area contributed by atoms with Gasteiger partial charge in [0.05, 0.1) is 6.20 Å². The van der Waals surface area contributed by atoms with E-state index in [9.17, 15) is 4.79 Å². The van der Waals surface area contributed by atoms with Crippen molar-refractivity contribution in [1.29, 1.82) is 0 Å². The zero-order valence-electron chi connectivity index (χ0n) is 13.5. The van der Waals surface area contributed by atoms with E-state index in [1.807, 2.05) is 25.1 Å². The van der Waals surface area contributed by atoms with Gasteiger partial charge in [-0.05, 0) is 30.7 Å². The molecule has 0 aliphatic carbocycles. The van der Waals surface area contributed by atoms with Crippen LogP contribution in [0.15, 0.2) is 47.4 Å². The fraction of sp³-hybridized carbons (Fsp3) is 0.222. The first-order valence-corrected chi connectivity index (χ1v) is 7.88. The van der Waals surface area contributed by atoms with Gasteiger partial charge < -0.3 is 14.0 Å². The van der Waals surface area contributed by atoms with Gasteiger partial charge in [0.15, 0.2) is 11.5 Å². The lowest BCUT2D eigenvalue weighted by atomic mass is 10.1. The lowest BCUT2D eigenvalue weighted by molar-refractivity contribution is 0.0456. The summed E-state index contributed by atoms with van der Waals surface area (Å²) in [6.45, 7) is 2.04. The van der Waals surface area contributed by atoms with Gasteiger partial charge in [-0.15, -0.1) is 0 Å². The van der Waals surface area contributed by atoms with Crippen LogP contribution in [0.3, 0.4) is 0 Å². The maximum atomic E-state index is 11.9. The molecule has 0 radical (unpaired) electrons. The van der Waals surface area contributed by atoms with Gasteiger partial charge in [-0.2, -0.15) is 0 Å². The van der Waals surface area contributed by atoms with Crippen LogP contribution in [-0.2, 0) is 17.8 Å². The van der Waals surface area contributed by atoms with E-state index in [-0.39, 0.29) is 18.4 Å². The summed E-state index contributed by atoms with van der Waals surface area (Å²) in [6, 6.07) is 7.65. The van der Waals surface area contributed by atoms with Crippen LogP contribution < -0.4 is 4.74 Å². The van der Waals surface area contributed by atoms with E-state index in [1.165, 1.54) is 18.6 Å². The van der Waals surface area contributed by atoms with Gasteiger partial charge in [0.2, 0.25) is 0 Å². The number of esters is 1. The third-order valence-corrected chi connectivity index (χ3v) is 3.86. The van der Waals surface area contributed by atoms with Crippen LogP contribution in [-0.4, -0.2) is 27.2 Å². The molecule has 0 saturated carbocycles. The molecule has 1 aliphatic heterocycles. The number of fused-ring (bicyclic) bond motifs is 1. The number of rotatable bonds is 4. The van der Waals surface area contributed by atoms with Crippen molar-refractivity contribution in [3.05, 3.63) is 59.8 Å². The fourth-order valence-corrected chi connectivity index (χ4v) is 2.71. The minimum absolute atomic E-state index is 0.00396. The van der Waals surface area contributed by atoms with E-state index in [0.29, 0.717) is 11.5 Å². The summed E-state index contributed by atoms with van der Waals surface area (Å²) in [6.07, 6.45) is 5.34. The molecule has 3 aromatic rings. The van der Waals surface area contributed by atoms with Crippen LogP contribution in [0, 0.1) is 0 Å². The van der Waals surface area contributed by atoms with Crippen molar-refractivity contribution in [2.45, 2.75) is 26.1 Å². The monoisotopic (exact) mass is 337 g/mol. The molecular formula is C18H15N3O4. The predicted molar refractivity (Wildman–Crippen MR) is 86.9 cm³/mol. The van der Waals surface area contributed by atoms with Crippen molar-refractivity contribution in [2.75, 3.05) is 0 Å². The molecule has 0 bridgehead atoms. The maximum absolute atomic E-state index is 11.9. The third-order valence-electron chi connectivity index (χ3n) is 3.86. The minimum Gasteiger partial charge on any atom is -0.490 e.